The van der Waals surface area contributed by atoms with Crippen molar-refractivity contribution in [2.45, 2.75) is 38.8 Å². The van der Waals surface area contributed by atoms with Crippen LogP contribution >= 0.6 is 0 Å². The lowest BCUT2D eigenvalue weighted by Crippen LogP contribution is -2.48. The molecule has 1 heterocycles. The zero-order chi connectivity index (χ0) is 22.1. The van der Waals surface area contributed by atoms with E-state index in [0.29, 0.717) is 37.6 Å². The Morgan fingerprint density at radius 1 is 1.13 bits per heavy atom. The highest BCUT2D eigenvalue weighted by molar-refractivity contribution is 5.96. The van der Waals surface area contributed by atoms with E-state index in [0.717, 1.165) is 18.4 Å². The fraction of sp³-hybridized carbons (Fsp3) is 0.375. The summed E-state index contributed by atoms with van der Waals surface area (Å²) in [4.78, 5) is 38.8. The number of ether oxygens (including phenoxy) is 2. The zero-order valence-corrected chi connectivity index (χ0v) is 17.7. The molecule has 164 valence electrons. The van der Waals surface area contributed by atoms with Crippen LogP contribution in [0.4, 0.5) is 5.69 Å². The van der Waals surface area contributed by atoms with Crippen molar-refractivity contribution in [1.82, 2.24) is 4.90 Å². The lowest BCUT2D eigenvalue weighted by atomic mass is 10.1. The fourth-order valence-corrected chi connectivity index (χ4v) is 3.26. The molecule has 1 N–H and O–H groups in total. The maximum atomic E-state index is 12.7. The number of amides is 2. The molecule has 1 aliphatic rings. The van der Waals surface area contributed by atoms with Gasteiger partial charge in [-0.2, -0.15) is 0 Å². The zero-order valence-electron chi connectivity index (χ0n) is 17.7. The highest BCUT2D eigenvalue weighted by atomic mass is 16.5. The van der Waals surface area contributed by atoms with Crippen LogP contribution in [0.25, 0.3) is 0 Å². The first-order valence-corrected chi connectivity index (χ1v) is 10.6. The molecule has 2 aromatic rings. The summed E-state index contributed by atoms with van der Waals surface area (Å²) < 4.78 is 10.7. The summed E-state index contributed by atoms with van der Waals surface area (Å²) in [5, 5.41) is 2.75. The van der Waals surface area contributed by atoms with Gasteiger partial charge < -0.3 is 19.7 Å². The molecule has 1 saturated heterocycles. The van der Waals surface area contributed by atoms with E-state index < -0.39 is 6.10 Å². The lowest BCUT2D eigenvalue weighted by molar-refractivity contribution is -0.155. The SMILES string of the molecule is CCCCOC(=O)c1ccc(NC(=O)CC2OCCN(Cc3ccccc3)C2=O)cc1. The average Bonchev–Trinajstić information content (AvgIpc) is 2.78. The van der Waals surface area contributed by atoms with Crippen LogP contribution in [0.15, 0.2) is 54.6 Å². The van der Waals surface area contributed by atoms with Gasteiger partial charge in [0.25, 0.3) is 5.91 Å². The number of benzene rings is 2. The molecule has 31 heavy (non-hydrogen) atoms. The molecule has 1 unspecified atom stereocenters. The summed E-state index contributed by atoms with van der Waals surface area (Å²) in [5.74, 6) is -0.889. The first kappa shape index (κ1) is 22.5. The van der Waals surface area contributed by atoms with Crippen LogP contribution in [-0.2, 0) is 25.6 Å². The number of hydrogen-bond acceptors (Lipinski definition) is 5. The summed E-state index contributed by atoms with van der Waals surface area (Å²) in [6, 6.07) is 16.2. The minimum atomic E-state index is -0.801. The van der Waals surface area contributed by atoms with Crippen LogP contribution in [-0.4, -0.2) is 48.5 Å². The Bertz CT molecular complexity index is 883. The summed E-state index contributed by atoms with van der Waals surface area (Å²) in [5.41, 5.74) is 2.00. The van der Waals surface area contributed by atoms with Crippen LogP contribution in [0, 0.1) is 0 Å². The van der Waals surface area contributed by atoms with Crippen LogP contribution < -0.4 is 5.32 Å². The molecule has 1 fully saturated rings. The van der Waals surface area contributed by atoms with E-state index in [4.69, 9.17) is 9.47 Å². The van der Waals surface area contributed by atoms with Crippen molar-refractivity contribution in [1.29, 1.82) is 0 Å². The Morgan fingerprint density at radius 2 is 1.87 bits per heavy atom. The van der Waals surface area contributed by atoms with Crippen LogP contribution in [0.3, 0.4) is 0 Å². The number of esters is 1. The van der Waals surface area contributed by atoms with Crippen molar-refractivity contribution in [2.75, 3.05) is 25.1 Å². The molecule has 0 aromatic heterocycles. The molecule has 2 aromatic carbocycles. The van der Waals surface area contributed by atoms with E-state index in [2.05, 4.69) is 5.32 Å². The molecule has 3 rings (SSSR count). The fourth-order valence-electron chi connectivity index (χ4n) is 3.26. The van der Waals surface area contributed by atoms with Gasteiger partial charge in [-0.05, 0) is 36.2 Å². The van der Waals surface area contributed by atoms with Gasteiger partial charge in [0, 0.05) is 18.8 Å². The van der Waals surface area contributed by atoms with E-state index in [1.807, 2.05) is 37.3 Å². The Labute approximate surface area is 182 Å². The van der Waals surface area contributed by atoms with Gasteiger partial charge in [-0.3, -0.25) is 9.59 Å². The Hall–Kier alpha value is -3.19. The third-order valence-electron chi connectivity index (χ3n) is 4.99. The first-order valence-electron chi connectivity index (χ1n) is 10.6. The minimum Gasteiger partial charge on any atom is -0.462 e. The van der Waals surface area contributed by atoms with Crippen molar-refractivity contribution in [3.8, 4) is 0 Å². The summed E-state index contributed by atoms with van der Waals surface area (Å²) in [6.45, 7) is 3.81. The molecule has 0 aliphatic carbocycles. The molecular weight excluding hydrogens is 396 g/mol. The van der Waals surface area contributed by atoms with Gasteiger partial charge >= 0.3 is 5.97 Å². The molecular formula is C24H28N2O5. The summed E-state index contributed by atoms with van der Waals surface area (Å²) >= 11 is 0. The maximum absolute atomic E-state index is 12.7. The predicted octanol–water partition coefficient (Wildman–Crippen LogP) is 3.40. The van der Waals surface area contributed by atoms with E-state index >= 15 is 0 Å². The van der Waals surface area contributed by atoms with Gasteiger partial charge in [0.1, 0.15) is 6.10 Å². The third kappa shape index (κ3) is 6.65. The standard InChI is InChI=1S/C24H28N2O5/c1-2-3-14-31-24(29)19-9-11-20(12-10-19)25-22(27)16-21-23(28)26(13-15-30-21)17-18-7-5-4-6-8-18/h4-12,21H,2-3,13-17H2,1H3,(H,25,27). The second kappa shape index (κ2) is 11.3. The number of rotatable bonds is 9. The van der Waals surface area contributed by atoms with Crippen LogP contribution in [0.1, 0.15) is 42.1 Å². The maximum Gasteiger partial charge on any atom is 0.338 e. The van der Waals surface area contributed by atoms with E-state index in [-0.39, 0.29) is 24.2 Å². The number of nitrogens with zero attached hydrogens (tertiary/aromatic N) is 1. The van der Waals surface area contributed by atoms with Crippen LogP contribution in [0.5, 0.6) is 0 Å². The Balaban J connectivity index is 1.50. The number of carbonyl (C=O) groups is 3. The third-order valence-corrected chi connectivity index (χ3v) is 4.99. The van der Waals surface area contributed by atoms with Crippen molar-refractivity contribution < 1.29 is 23.9 Å². The topological polar surface area (TPSA) is 84.9 Å². The highest BCUT2D eigenvalue weighted by Crippen LogP contribution is 2.16. The van der Waals surface area contributed by atoms with Gasteiger partial charge in [0.05, 0.1) is 25.2 Å². The van der Waals surface area contributed by atoms with Crippen molar-refractivity contribution >= 4 is 23.5 Å². The monoisotopic (exact) mass is 424 g/mol. The second-order valence-electron chi connectivity index (χ2n) is 7.42. The average molecular weight is 424 g/mol. The molecule has 0 bridgehead atoms. The van der Waals surface area contributed by atoms with Gasteiger partial charge in [-0.1, -0.05) is 43.7 Å². The number of hydrogen-bond donors (Lipinski definition) is 1. The van der Waals surface area contributed by atoms with Crippen molar-refractivity contribution in [3.63, 3.8) is 0 Å². The van der Waals surface area contributed by atoms with E-state index in [1.165, 1.54) is 0 Å². The van der Waals surface area contributed by atoms with E-state index in [1.54, 1.807) is 29.2 Å². The number of anilines is 1. The van der Waals surface area contributed by atoms with Gasteiger partial charge in [0.2, 0.25) is 5.91 Å². The van der Waals surface area contributed by atoms with Gasteiger partial charge in [-0.15, -0.1) is 0 Å². The molecule has 7 nitrogen and oxygen atoms in total. The van der Waals surface area contributed by atoms with Crippen molar-refractivity contribution in [2.24, 2.45) is 0 Å². The number of morpholine rings is 1. The number of unbranched alkanes of at least 4 members (excludes halogenated alkanes) is 1. The van der Waals surface area contributed by atoms with Crippen LogP contribution in [0.2, 0.25) is 0 Å². The summed E-state index contributed by atoms with van der Waals surface area (Å²) in [7, 11) is 0. The largest absolute Gasteiger partial charge is 0.462 e. The molecule has 1 atom stereocenters. The molecule has 1 aliphatic heterocycles. The van der Waals surface area contributed by atoms with Gasteiger partial charge in [0.15, 0.2) is 0 Å². The Morgan fingerprint density at radius 3 is 2.58 bits per heavy atom. The number of carbonyl (C=O) groups excluding carboxylic acids is 3. The molecule has 2 amide bonds. The number of nitrogens with one attached hydrogen (secondary N) is 1. The quantitative estimate of drug-likeness (QED) is 0.493. The van der Waals surface area contributed by atoms with E-state index in [9.17, 15) is 14.4 Å². The molecule has 7 heteroatoms. The van der Waals surface area contributed by atoms with Crippen molar-refractivity contribution in [3.05, 3.63) is 65.7 Å². The lowest BCUT2D eigenvalue weighted by Gasteiger charge is -2.32. The highest BCUT2D eigenvalue weighted by Gasteiger charge is 2.31. The normalized spacial score (nSPS) is 16.1. The molecule has 0 radical (unpaired) electrons. The second-order valence-corrected chi connectivity index (χ2v) is 7.42. The smallest absolute Gasteiger partial charge is 0.338 e. The predicted molar refractivity (Wildman–Crippen MR) is 116 cm³/mol. The first-order chi connectivity index (χ1) is 15.1. The molecule has 0 saturated carbocycles. The summed E-state index contributed by atoms with van der Waals surface area (Å²) in [6.07, 6.45) is 0.913. The van der Waals surface area contributed by atoms with Gasteiger partial charge in [-0.25, -0.2) is 4.79 Å². The Kier molecular flexibility index (Phi) is 8.18. The molecule has 0 spiro atoms. The minimum absolute atomic E-state index is 0.0645.